The monoisotopic (exact) mass is 490 g/mol. The highest BCUT2D eigenvalue weighted by Crippen LogP contribution is 2.25. The second-order valence-electron chi connectivity index (χ2n) is 6.86. The summed E-state index contributed by atoms with van der Waals surface area (Å²) in [6, 6.07) is 13.4. The van der Waals surface area contributed by atoms with E-state index in [9.17, 15) is 13.2 Å². The number of carbonyl (C=O) groups excluding carboxylic acids is 1. The Morgan fingerprint density at radius 2 is 1.88 bits per heavy atom. The van der Waals surface area contributed by atoms with Crippen LogP contribution >= 0.6 is 11.8 Å². The molecule has 12 heteroatoms. The van der Waals surface area contributed by atoms with Crippen molar-refractivity contribution < 1.29 is 17.9 Å². The number of sulfonamides is 1. The van der Waals surface area contributed by atoms with Crippen molar-refractivity contribution >= 4 is 33.4 Å². The zero-order valence-electron chi connectivity index (χ0n) is 18.6. The van der Waals surface area contributed by atoms with Gasteiger partial charge in [-0.1, -0.05) is 43.8 Å². The third kappa shape index (κ3) is 5.64. The molecule has 176 valence electrons. The van der Waals surface area contributed by atoms with Crippen molar-refractivity contribution in [3.63, 3.8) is 0 Å². The lowest BCUT2D eigenvalue weighted by molar-refractivity contribution is -0.113. The molecule has 0 unspecified atom stereocenters. The smallest absolute Gasteiger partial charge is 0.243 e. The summed E-state index contributed by atoms with van der Waals surface area (Å²) < 4.78 is 33.4. The SMILES string of the molecule is CCN(CC)S(=O)(=O)c1cccc(-c2nnc(SCC(=O)Nc3cccc(OC)c3)n2N)c1. The zero-order chi connectivity index (χ0) is 24.0. The van der Waals surface area contributed by atoms with Gasteiger partial charge < -0.3 is 15.9 Å². The third-order valence-electron chi connectivity index (χ3n) is 4.79. The first-order chi connectivity index (χ1) is 15.8. The Hall–Kier alpha value is -3.09. The van der Waals surface area contributed by atoms with Gasteiger partial charge >= 0.3 is 0 Å². The van der Waals surface area contributed by atoms with E-state index in [0.29, 0.717) is 41.1 Å². The van der Waals surface area contributed by atoms with Crippen LogP contribution in [0.2, 0.25) is 0 Å². The van der Waals surface area contributed by atoms with E-state index < -0.39 is 10.0 Å². The van der Waals surface area contributed by atoms with Crippen LogP contribution in [0, 0.1) is 0 Å². The number of ether oxygens (including phenoxy) is 1. The molecule has 0 saturated heterocycles. The van der Waals surface area contributed by atoms with Gasteiger partial charge in [-0.3, -0.25) is 4.79 Å². The van der Waals surface area contributed by atoms with E-state index in [0.717, 1.165) is 11.8 Å². The number of nitrogen functional groups attached to an aromatic ring is 1. The van der Waals surface area contributed by atoms with E-state index in [4.69, 9.17) is 10.6 Å². The van der Waals surface area contributed by atoms with Crippen LogP contribution in [0.1, 0.15) is 13.8 Å². The molecule has 3 N–H and O–H groups in total. The summed E-state index contributed by atoms with van der Waals surface area (Å²) in [5.41, 5.74) is 1.12. The molecule has 0 spiro atoms. The number of carbonyl (C=O) groups is 1. The molecule has 2 aromatic carbocycles. The number of anilines is 1. The number of nitrogens with zero attached hydrogens (tertiary/aromatic N) is 4. The molecule has 1 aromatic heterocycles. The van der Waals surface area contributed by atoms with Crippen LogP contribution in [0.15, 0.2) is 58.6 Å². The molecule has 0 atom stereocenters. The average molecular weight is 491 g/mol. The fourth-order valence-corrected chi connectivity index (χ4v) is 5.27. The molecule has 0 saturated carbocycles. The summed E-state index contributed by atoms with van der Waals surface area (Å²) in [6.07, 6.45) is 0. The minimum Gasteiger partial charge on any atom is -0.497 e. The number of thioether (sulfide) groups is 1. The van der Waals surface area contributed by atoms with Crippen LogP contribution in [-0.2, 0) is 14.8 Å². The fourth-order valence-electron chi connectivity index (χ4n) is 3.11. The molecular weight excluding hydrogens is 464 g/mol. The van der Waals surface area contributed by atoms with Crippen LogP contribution in [0.25, 0.3) is 11.4 Å². The van der Waals surface area contributed by atoms with Crippen LogP contribution in [0.3, 0.4) is 0 Å². The normalized spacial score (nSPS) is 11.5. The topological polar surface area (TPSA) is 132 Å². The number of hydrogen-bond donors (Lipinski definition) is 2. The molecular formula is C21H26N6O4S2. The minimum absolute atomic E-state index is 0.0585. The summed E-state index contributed by atoms with van der Waals surface area (Å²) in [5, 5.41) is 11.2. The minimum atomic E-state index is -3.63. The second kappa shape index (κ2) is 10.7. The van der Waals surface area contributed by atoms with E-state index in [-0.39, 0.29) is 16.6 Å². The van der Waals surface area contributed by atoms with Crippen molar-refractivity contribution in [1.29, 1.82) is 0 Å². The first kappa shape index (κ1) is 24.6. The third-order valence-corrected chi connectivity index (χ3v) is 7.77. The number of nitrogens with two attached hydrogens (primary N) is 1. The highest BCUT2D eigenvalue weighted by Gasteiger charge is 2.23. The van der Waals surface area contributed by atoms with Gasteiger partial charge in [-0.25, -0.2) is 13.1 Å². The van der Waals surface area contributed by atoms with Gasteiger partial charge in [0.05, 0.1) is 17.8 Å². The summed E-state index contributed by atoms with van der Waals surface area (Å²) >= 11 is 1.12. The van der Waals surface area contributed by atoms with Crippen molar-refractivity contribution in [2.75, 3.05) is 37.1 Å². The largest absolute Gasteiger partial charge is 0.497 e. The predicted octanol–water partition coefficient (Wildman–Crippen LogP) is 2.43. The Balaban J connectivity index is 1.73. The van der Waals surface area contributed by atoms with Crippen molar-refractivity contribution in [1.82, 2.24) is 19.2 Å². The Morgan fingerprint density at radius 3 is 2.58 bits per heavy atom. The number of rotatable bonds is 10. The Bertz CT molecular complexity index is 1220. The molecule has 0 bridgehead atoms. The Labute approximate surface area is 197 Å². The Kier molecular flexibility index (Phi) is 7.95. The van der Waals surface area contributed by atoms with Crippen molar-refractivity contribution in [2.24, 2.45) is 0 Å². The van der Waals surface area contributed by atoms with E-state index in [1.807, 2.05) is 0 Å². The number of aromatic nitrogens is 3. The first-order valence-electron chi connectivity index (χ1n) is 10.2. The number of nitrogens with one attached hydrogen (secondary N) is 1. The number of hydrogen-bond acceptors (Lipinski definition) is 8. The van der Waals surface area contributed by atoms with Gasteiger partial charge in [-0.05, 0) is 24.3 Å². The lowest BCUT2D eigenvalue weighted by atomic mass is 10.2. The standard InChI is InChI=1S/C21H26N6O4S2/c1-4-26(5-2)33(29,30)18-11-6-8-15(12-18)20-24-25-21(27(20)22)32-14-19(28)23-16-9-7-10-17(13-16)31-3/h6-13H,4-5,14,22H2,1-3H3,(H,23,28). The molecule has 33 heavy (non-hydrogen) atoms. The maximum atomic E-state index is 12.8. The maximum absolute atomic E-state index is 12.8. The summed E-state index contributed by atoms with van der Waals surface area (Å²) in [5.74, 6) is 6.89. The van der Waals surface area contributed by atoms with Crippen LogP contribution in [0.4, 0.5) is 5.69 Å². The van der Waals surface area contributed by atoms with Crippen LogP contribution in [-0.4, -0.2) is 59.5 Å². The lowest BCUT2D eigenvalue weighted by Crippen LogP contribution is -2.30. The fraction of sp³-hybridized carbons (Fsp3) is 0.286. The molecule has 0 aliphatic heterocycles. The van der Waals surface area contributed by atoms with Crippen LogP contribution < -0.4 is 15.9 Å². The van der Waals surface area contributed by atoms with Gasteiger partial charge in [0.25, 0.3) is 0 Å². The van der Waals surface area contributed by atoms with Gasteiger partial charge in [0, 0.05) is 30.4 Å². The van der Waals surface area contributed by atoms with Gasteiger partial charge in [0.1, 0.15) is 5.75 Å². The predicted molar refractivity (Wildman–Crippen MR) is 128 cm³/mol. The molecule has 0 radical (unpaired) electrons. The molecule has 3 rings (SSSR count). The molecule has 1 amide bonds. The average Bonchev–Trinajstić information content (AvgIpc) is 3.18. The van der Waals surface area contributed by atoms with Gasteiger partial charge in [-0.2, -0.15) is 4.31 Å². The van der Waals surface area contributed by atoms with E-state index in [1.54, 1.807) is 57.4 Å². The highest BCUT2D eigenvalue weighted by molar-refractivity contribution is 7.99. The van der Waals surface area contributed by atoms with Crippen molar-refractivity contribution in [2.45, 2.75) is 23.9 Å². The molecule has 10 nitrogen and oxygen atoms in total. The van der Waals surface area contributed by atoms with E-state index >= 15 is 0 Å². The molecule has 0 aliphatic carbocycles. The van der Waals surface area contributed by atoms with Gasteiger partial charge in [-0.15, -0.1) is 10.2 Å². The lowest BCUT2D eigenvalue weighted by Gasteiger charge is -2.18. The first-order valence-corrected chi connectivity index (χ1v) is 12.6. The second-order valence-corrected chi connectivity index (χ2v) is 9.74. The molecule has 0 aliphatic rings. The highest BCUT2D eigenvalue weighted by atomic mass is 32.2. The molecule has 1 heterocycles. The summed E-state index contributed by atoms with van der Waals surface area (Å²) in [7, 11) is -2.07. The molecule has 3 aromatic rings. The summed E-state index contributed by atoms with van der Waals surface area (Å²) in [6.45, 7) is 4.31. The van der Waals surface area contributed by atoms with E-state index in [2.05, 4.69) is 15.5 Å². The number of amides is 1. The van der Waals surface area contributed by atoms with Crippen molar-refractivity contribution in [3.05, 3.63) is 48.5 Å². The number of benzene rings is 2. The zero-order valence-corrected chi connectivity index (χ0v) is 20.2. The Morgan fingerprint density at radius 1 is 1.15 bits per heavy atom. The number of methoxy groups -OCH3 is 1. The van der Waals surface area contributed by atoms with Crippen LogP contribution in [0.5, 0.6) is 5.75 Å². The quantitative estimate of drug-likeness (QED) is 0.327. The van der Waals surface area contributed by atoms with Gasteiger partial charge in [0.15, 0.2) is 5.82 Å². The maximum Gasteiger partial charge on any atom is 0.243 e. The van der Waals surface area contributed by atoms with E-state index in [1.165, 1.54) is 21.1 Å². The van der Waals surface area contributed by atoms with Crippen molar-refractivity contribution in [3.8, 4) is 17.1 Å². The molecule has 0 fully saturated rings. The van der Waals surface area contributed by atoms with Gasteiger partial charge in [0.2, 0.25) is 21.1 Å². The summed E-state index contributed by atoms with van der Waals surface area (Å²) in [4.78, 5) is 12.5.